The number of aromatic nitrogens is 3. The van der Waals surface area contributed by atoms with Crippen LogP contribution < -0.4 is 21.5 Å². The van der Waals surface area contributed by atoms with Gasteiger partial charge in [-0.05, 0) is 42.8 Å². The van der Waals surface area contributed by atoms with Gasteiger partial charge < -0.3 is 15.9 Å². The quantitative estimate of drug-likeness (QED) is 0.417. The number of rotatable bonds is 8. The Hall–Kier alpha value is -3.40. The van der Waals surface area contributed by atoms with Gasteiger partial charge in [0.15, 0.2) is 0 Å². The second-order valence-electron chi connectivity index (χ2n) is 6.21. The van der Waals surface area contributed by atoms with Crippen LogP contribution in [0, 0.1) is 5.82 Å². The first-order chi connectivity index (χ1) is 14.5. The normalized spacial score (nSPS) is 10.6. The van der Waals surface area contributed by atoms with Crippen LogP contribution in [-0.2, 0) is 11.2 Å². The minimum absolute atomic E-state index is 0.0694. The minimum atomic E-state index is -0.494. The summed E-state index contributed by atoms with van der Waals surface area (Å²) in [5.41, 5.74) is 0.893. The summed E-state index contributed by atoms with van der Waals surface area (Å²) in [6.45, 7) is 2.47. The van der Waals surface area contributed by atoms with Crippen LogP contribution >= 0.6 is 11.8 Å². The zero-order valence-electron chi connectivity index (χ0n) is 16.2. The molecule has 3 aromatic rings. The van der Waals surface area contributed by atoms with Crippen molar-refractivity contribution in [3.05, 3.63) is 76.0 Å². The maximum absolute atomic E-state index is 13.2. The molecule has 0 saturated heterocycles. The maximum atomic E-state index is 13.2. The largest absolute Gasteiger partial charge is 0.494 e. The first-order valence-corrected chi connectivity index (χ1v) is 10.1. The number of carbonyl (C=O) groups is 1. The van der Waals surface area contributed by atoms with E-state index in [-0.39, 0.29) is 23.0 Å². The molecule has 1 heterocycles. The van der Waals surface area contributed by atoms with E-state index in [9.17, 15) is 14.0 Å². The lowest BCUT2D eigenvalue weighted by molar-refractivity contribution is -0.113. The highest BCUT2D eigenvalue weighted by atomic mass is 32.2. The zero-order chi connectivity index (χ0) is 21.5. The fourth-order valence-electron chi connectivity index (χ4n) is 2.59. The molecule has 0 unspecified atom stereocenters. The Morgan fingerprint density at radius 2 is 2.00 bits per heavy atom. The molecular formula is C20H20FN5O3S. The predicted octanol–water partition coefficient (Wildman–Crippen LogP) is 2.21. The summed E-state index contributed by atoms with van der Waals surface area (Å²) in [5, 5.41) is 10.6. The van der Waals surface area contributed by atoms with Crippen molar-refractivity contribution in [2.24, 2.45) is 0 Å². The van der Waals surface area contributed by atoms with Crippen LogP contribution in [0.25, 0.3) is 0 Å². The van der Waals surface area contributed by atoms with E-state index in [1.54, 1.807) is 6.07 Å². The third-order valence-electron chi connectivity index (χ3n) is 3.97. The van der Waals surface area contributed by atoms with E-state index in [1.807, 2.05) is 31.2 Å². The molecular weight excluding hydrogens is 409 g/mol. The van der Waals surface area contributed by atoms with Crippen LogP contribution in [0.3, 0.4) is 0 Å². The summed E-state index contributed by atoms with van der Waals surface area (Å²) in [6, 6.07) is 12.9. The Bertz CT molecular complexity index is 1090. The van der Waals surface area contributed by atoms with Gasteiger partial charge in [0.1, 0.15) is 17.3 Å². The lowest BCUT2D eigenvalue weighted by atomic mass is 10.1. The number of ether oxygens (including phenoxy) is 1. The van der Waals surface area contributed by atoms with Crippen LogP contribution in [0.15, 0.2) is 58.5 Å². The Morgan fingerprint density at radius 1 is 1.23 bits per heavy atom. The van der Waals surface area contributed by atoms with Crippen LogP contribution in [0.1, 0.15) is 18.2 Å². The highest BCUT2D eigenvalue weighted by Crippen LogP contribution is 2.16. The van der Waals surface area contributed by atoms with Crippen molar-refractivity contribution in [2.45, 2.75) is 18.5 Å². The van der Waals surface area contributed by atoms with E-state index in [2.05, 4.69) is 15.5 Å². The number of nitrogens with one attached hydrogen (secondary N) is 1. The summed E-state index contributed by atoms with van der Waals surface area (Å²) in [7, 11) is 0. The van der Waals surface area contributed by atoms with Gasteiger partial charge in [0.05, 0.1) is 12.4 Å². The lowest BCUT2D eigenvalue weighted by Gasteiger charge is -2.09. The molecule has 0 saturated carbocycles. The molecule has 0 fully saturated rings. The number of halogens is 1. The van der Waals surface area contributed by atoms with Gasteiger partial charge in [0, 0.05) is 12.1 Å². The Morgan fingerprint density at radius 3 is 2.70 bits per heavy atom. The summed E-state index contributed by atoms with van der Waals surface area (Å²) in [4.78, 5) is 24.5. The summed E-state index contributed by atoms with van der Waals surface area (Å²) in [5.74, 6) is 5.67. The highest BCUT2D eigenvalue weighted by molar-refractivity contribution is 7.99. The van der Waals surface area contributed by atoms with E-state index < -0.39 is 17.3 Å². The van der Waals surface area contributed by atoms with Crippen molar-refractivity contribution in [2.75, 3.05) is 23.5 Å². The van der Waals surface area contributed by atoms with Crippen molar-refractivity contribution < 1.29 is 13.9 Å². The average molecular weight is 429 g/mol. The molecule has 3 N–H and O–H groups in total. The van der Waals surface area contributed by atoms with Gasteiger partial charge in [0.2, 0.25) is 11.1 Å². The smallest absolute Gasteiger partial charge is 0.294 e. The van der Waals surface area contributed by atoms with E-state index >= 15 is 0 Å². The number of nitrogens with two attached hydrogens (primary N) is 1. The maximum Gasteiger partial charge on any atom is 0.294 e. The lowest BCUT2D eigenvalue weighted by Crippen LogP contribution is -2.34. The highest BCUT2D eigenvalue weighted by Gasteiger charge is 2.13. The third-order valence-corrected chi connectivity index (χ3v) is 4.92. The SMILES string of the molecule is CCOc1ccc(Cc2nnc(SCC(=O)Nc3cccc(F)c3)n(N)c2=O)cc1. The van der Waals surface area contributed by atoms with Gasteiger partial charge in [-0.2, -0.15) is 4.68 Å². The molecule has 1 aromatic heterocycles. The molecule has 0 spiro atoms. The minimum Gasteiger partial charge on any atom is -0.494 e. The Kier molecular flexibility index (Phi) is 7.02. The van der Waals surface area contributed by atoms with Gasteiger partial charge in [-0.1, -0.05) is 30.0 Å². The zero-order valence-corrected chi connectivity index (χ0v) is 17.0. The van der Waals surface area contributed by atoms with Gasteiger partial charge >= 0.3 is 0 Å². The molecule has 0 bridgehead atoms. The van der Waals surface area contributed by atoms with Crippen LogP contribution in [-0.4, -0.2) is 33.1 Å². The summed E-state index contributed by atoms with van der Waals surface area (Å²) < 4.78 is 19.4. The first kappa shape index (κ1) is 21.3. The molecule has 0 atom stereocenters. The molecule has 0 aliphatic heterocycles. The van der Waals surface area contributed by atoms with E-state index in [4.69, 9.17) is 10.6 Å². The van der Waals surface area contributed by atoms with Gasteiger partial charge in [-0.25, -0.2) is 4.39 Å². The van der Waals surface area contributed by atoms with E-state index in [0.29, 0.717) is 12.3 Å². The van der Waals surface area contributed by atoms with Crippen molar-refractivity contribution >= 4 is 23.4 Å². The molecule has 8 nitrogen and oxygen atoms in total. The third kappa shape index (κ3) is 5.57. The molecule has 0 aliphatic rings. The fourth-order valence-corrected chi connectivity index (χ4v) is 3.24. The standard InChI is InChI=1S/C20H20FN5O3S/c1-2-29-16-8-6-13(7-9-16)10-17-19(28)26(22)20(25-24-17)30-12-18(27)23-15-5-3-4-14(21)11-15/h3-9,11H,2,10,12,22H2,1H3,(H,23,27). The number of nitrogen functional groups attached to an aromatic ring is 1. The van der Waals surface area contributed by atoms with Crippen molar-refractivity contribution in [3.63, 3.8) is 0 Å². The molecule has 156 valence electrons. The predicted molar refractivity (Wildman–Crippen MR) is 113 cm³/mol. The molecule has 1 amide bonds. The number of hydrogen-bond acceptors (Lipinski definition) is 7. The van der Waals surface area contributed by atoms with Gasteiger partial charge in [-0.3, -0.25) is 9.59 Å². The number of amides is 1. The average Bonchev–Trinajstić information content (AvgIpc) is 2.72. The van der Waals surface area contributed by atoms with Crippen LogP contribution in [0.5, 0.6) is 5.75 Å². The van der Waals surface area contributed by atoms with Gasteiger partial charge in [-0.15, -0.1) is 10.2 Å². The van der Waals surface area contributed by atoms with Crippen molar-refractivity contribution in [3.8, 4) is 5.75 Å². The van der Waals surface area contributed by atoms with Crippen LogP contribution in [0.2, 0.25) is 0 Å². The topological polar surface area (TPSA) is 112 Å². The van der Waals surface area contributed by atoms with Crippen molar-refractivity contribution in [1.29, 1.82) is 0 Å². The number of benzene rings is 2. The second kappa shape index (κ2) is 9.88. The molecule has 30 heavy (non-hydrogen) atoms. The Balaban J connectivity index is 1.62. The molecule has 10 heteroatoms. The van der Waals surface area contributed by atoms with Gasteiger partial charge in [0.25, 0.3) is 5.56 Å². The number of thioether (sulfide) groups is 1. The number of carbonyl (C=O) groups excluding carboxylic acids is 1. The molecule has 0 radical (unpaired) electrons. The fraction of sp³-hybridized carbons (Fsp3) is 0.200. The molecule has 2 aromatic carbocycles. The number of hydrogen-bond donors (Lipinski definition) is 2. The summed E-state index contributed by atoms with van der Waals surface area (Å²) in [6.07, 6.45) is 0.264. The summed E-state index contributed by atoms with van der Waals surface area (Å²) >= 11 is 0.957. The second-order valence-corrected chi connectivity index (χ2v) is 7.15. The monoisotopic (exact) mass is 429 g/mol. The molecule has 0 aliphatic carbocycles. The van der Waals surface area contributed by atoms with Crippen molar-refractivity contribution in [1.82, 2.24) is 14.9 Å². The Labute approximate surface area is 176 Å². The van der Waals surface area contributed by atoms with Crippen LogP contribution in [0.4, 0.5) is 10.1 Å². The first-order valence-electron chi connectivity index (χ1n) is 9.10. The van der Waals surface area contributed by atoms with E-state index in [1.165, 1.54) is 18.2 Å². The molecule has 3 rings (SSSR count). The van der Waals surface area contributed by atoms with E-state index in [0.717, 1.165) is 27.8 Å². The number of anilines is 1. The number of nitrogens with zero attached hydrogens (tertiary/aromatic N) is 3.